The lowest BCUT2D eigenvalue weighted by Crippen LogP contribution is -2.10. The third kappa shape index (κ3) is 1.73. The highest BCUT2D eigenvalue weighted by atomic mass is 16.3. The summed E-state index contributed by atoms with van der Waals surface area (Å²) in [6.07, 6.45) is 4.48. The fourth-order valence-corrected chi connectivity index (χ4v) is 1.91. The number of rotatable bonds is 2. The second kappa shape index (κ2) is 3.04. The summed E-state index contributed by atoms with van der Waals surface area (Å²) in [5, 5.41) is 11.0. The van der Waals surface area contributed by atoms with Crippen LogP contribution in [0.2, 0.25) is 0 Å². The fourth-order valence-electron chi connectivity index (χ4n) is 1.91. The number of hydrogen-bond acceptors (Lipinski definition) is 2. The molecule has 0 radical (unpaired) electrons. The van der Waals surface area contributed by atoms with Crippen LogP contribution in [0.25, 0.3) is 10.9 Å². The first-order valence-corrected chi connectivity index (χ1v) is 5.31. The number of hydrogen-bond donors (Lipinski definition) is 1. The molecule has 1 saturated carbocycles. The number of benzene rings is 1. The molecule has 76 valence electrons. The molecule has 3 rings (SSSR count). The lowest BCUT2D eigenvalue weighted by Gasteiger charge is -2.07. The molecule has 15 heavy (non-hydrogen) atoms. The number of para-hydroxylation sites is 1. The van der Waals surface area contributed by atoms with Crippen LogP contribution in [-0.2, 0) is 6.42 Å². The molecule has 2 aromatic rings. The number of nitrogens with zero attached hydrogens (tertiary/aromatic N) is 1. The molecule has 1 N–H and O–H groups in total. The molecule has 0 aliphatic heterocycles. The van der Waals surface area contributed by atoms with E-state index in [1.165, 1.54) is 0 Å². The Bertz CT molecular complexity index is 503. The van der Waals surface area contributed by atoms with Gasteiger partial charge < -0.3 is 5.11 Å². The summed E-state index contributed by atoms with van der Waals surface area (Å²) in [4.78, 5) is 4.38. The summed E-state index contributed by atoms with van der Waals surface area (Å²) < 4.78 is 0. The van der Waals surface area contributed by atoms with Gasteiger partial charge in [-0.2, -0.15) is 0 Å². The highest BCUT2D eigenvalue weighted by Gasteiger charge is 2.40. The normalized spacial score (nSPS) is 17.9. The van der Waals surface area contributed by atoms with Crippen molar-refractivity contribution in [3.05, 3.63) is 42.1 Å². The lowest BCUT2D eigenvalue weighted by atomic mass is 10.1. The van der Waals surface area contributed by atoms with Crippen molar-refractivity contribution in [3.63, 3.8) is 0 Å². The van der Waals surface area contributed by atoms with E-state index in [4.69, 9.17) is 0 Å². The van der Waals surface area contributed by atoms with Crippen molar-refractivity contribution in [1.29, 1.82) is 0 Å². The topological polar surface area (TPSA) is 33.1 Å². The molecule has 1 aliphatic rings. The van der Waals surface area contributed by atoms with Crippen molar-refractivity contribution in [2.45, 2.75) is 24.9 Å². The Balaban J connectivity index is 1.99. The van der Waals surface area contributed by atoms with Crippen LogP contribution in [0.3, 0.4) is 0 Å². The van der Waals surface area contributed by atoms with Crippen LogP contribution in [0.15, 0.2) is 36.5 Å². The second-order valence-electron chi connectivity index (χ2n) is 4.44. The molecule has 0 unspecified atom stereocenters. The van der Waals surface area contributed by atoms with Gasteiger partial charge in [-0.3, -0.25) is 4.98 Å². The van der Waals surface area contributed by atoms with Gasteiger partial charge in [-0.05, 0) is 30.5 Å². The van der Waals surface area contributed by atoms with E-state index in [1.54, 1.807) is 0 Å². The van der Waals surface area contributed by atoms with Gasteiger partial charge in [-0.25, -0.2) is 0 Å². The molecule has 1 aromatic heterocycles. The first-order chi connectivity index (χ1) is 7.25. The van der Waals surface area contributed by atoms with Crippen molar-refractivity contribution < 1.29 is 5.11 Å². The Morgan fingerprint density at radius 3 is 2.87 bits per heavy atom. The Hall–Kier alpha value is -1.41. The molecule has 1 fully saturated rings. The summed E-state index contributed by atoms with van der Waals surface area (Å²) in [6, 6.07) is 10.2. The first kappa shape index (κ1) is 8.86. The van der Waals surface area contributed by atoms with Crippen LogP contribution in [0, 0.1) is 0 Å². The van der Waals surface area contributed by atoms with Crippen LogP contribution in [0.5, 0.6) is 0 Å². The van der Waals surface area contributed by atoms with E-state index in [2.05, 4.69) is 17.1 Å². The summed E-state index contributed by atoms with van der Waals surface area (Å²) >= 11 is 0. The maximum Gasteiger partial charge on any atom is 0.0702 e. The average Bonchev–Trinajstić information content (AvgIpc) is 2.96. The minimum atomic E-state index is -0.426. The van der Waals surface area contributed by atoms with Gasteiger partial charge in [0.25, 0.3) is 0 Å². The van der Waals surface area contributed by atoms with Crippen LogP contribution in [-0.4, -0.2) is 15.7 Å². The molecule has 1 heterocycles. The smallest absolute Gasteiger partial charge is 0.0702 e. The van der Waals surface area contributed by atoms with E-state index in [0.29, 0.717) is 0 Å². The molecule has 0 spiro atoms. The van der Waals surface area contributed by atoms with Crippen molar-refractivity contribution in [3.8, 4) is 0 Å². The SMILES string of the molecule is OC1(Cc2cnc3ccccc3c2)CC1. The zero-order valence-corrected chi connectivity index (χ0v) is 8.48. The number of aromatic nitrogens is 1. The first-order valence-electron chi connectivity index (χ1n) is 5.31. The molecule has 0 saturated heterocycles. The van der Waals surface area contributed by atoms with Gasteiger partial charge in [-0.1, -0.05) is 18.2 Å². The van der Waals surface area contributed by atoms with E-state index < -0.39 is 5.60 Å². The van der Waals surface area contributed by atoms with Gasteiger partial charge in [-0.15, -0.1) is 0 Å². The van der Waals surface area contributed by atoms with Crippen LogP contribution in [0.1, 0.15) is 18.4 Å². The highest BCUT2D eigenvalue weighted by Crippen LogP contribution is 2.38. The van der Waals surface area contributed by atoms with Gasteiger partial charge in [0.1, 0.15) is 0 Å². The zero-order chi connectivity index (χ0) is 10.3. The molecular formula is C13H13NO. The molecular weight excluding hydrogens is 186 g/mol. The fraction of sp³-hybridized carbons (Fsp3) is 0.308. The predicted molar refractivity (Wildman–Crippen MR) is 59.6 cm³/mol. The molecule has 0 bridgehead atoms. The van der Waals surface area contributed by atoms with Gasteiger partial charge in [0.15, 0.2) is 0 Å². The molecule has 0 atom stereocenters. The molecule has 1 aliphatic carbocycles. The summed E-state index contributed by atoms with van der Waals surface area (Å²) in [5.41, 5.74) is 1.72. The van der Waals surface area contributed by atoms with Gasteiger partial charge in [0, 0.05) is 18.0 Å². The van der Waals surface area contributed by atoms with Crippen molar-refractivity contribution in [1.82, 2.24) is 4.98 Å². The number of fused-ring (bicyclic) bond motifs is 1. The minimum Gasteiger partial charge on any atom is -0.390 e. The second-order valence-corrected chi connectivity index (χ2v) is 4.44. The average molecular weight is 199 g/mol. The van der Waals surface area contributed by atoms with Gasteiger partial charge in [0.05, 0.1) is 11.1 Å². The van der Waals surface area contributed by atoms with Crippen molar-refractivity contribution >= 4 is 10.9 Å². The molecule has 2 nitrogen and oxygen atoms in total. The third-order valence-electron chi connectivity index (χ3n) is 3.01. The Kier molecular flexibility index (Phi) is 1.80. The van der Waals surface area contributed by atoms with Gasteiger partial charge >= 0.3 is 0 Å². The van der Waals surface area contributed by atoms with Crippen LogP contribution >= 0.6 is 0 Å². The Morgan fingerprint density at radius 2 is 2.07 bits per heavy atom. The van der Waals surface area contributed by atoms with Crippen molar-refractivity contribution in [2.24, 2.45) is 0 Å². The number of pyridine rings is 1. The largest absolute Gasteiger partial charge is 0.390 e. The molecule has 1 aromatic carbocycles. The lowest BCUT2D eigenvalue weighted by molar-refractivity contribution is 0.151. The van der Waals surface area contributed by atoms with Crippen molar-refractivity contribution in [2.75, 3.05) is 0 Å². The van der Waals surface area contributed by atoms with Crippen LogP contribution in [0.4, 0.5) is 0 Å². The van der Waals surface area contributed by atoms with E-state index >= 15 is 0 Å². The molecule has 2 heteroatoms. The van der Waals surface area contributed by atoms with Crippen LogP contribution < -0.4 is 0 Å². The van der Waals surface area contributed by atoms with E-state index in [1.807, 2.05) is 24.4 Å². The summed E-state index contributed by atoms with van der Waals surface area (Å²) in [6.45, 7) is 0. The van der Waals surface area contributed by atoms with Gasteiger partial charge in [0.2, 0.25) is 0 Å². The highest BCUT2D eigenvalue weighted by molar-refractivity contribution is 5.78. The monoisotopic (exact) mass is 199 g/mol. The molecule has 0 amide bonds. The maximum atomic E-state index is 9.83. The summed E-state index contributed by atoms with van der Waals surface area (Å²) in [5.74, 6) is 0. The van der Waals surface area contributed by atoms with E-state index in [9.17, 15) is 5.11 Å². The van der Waals surface area contributed by atoms with E-state index in [-0.39, 0.29) is 0 Å². The van der Waals surface area contributed by atoms with E-state index in [0.717, 1.165) is 35.7 Å². The minimum absolute atomic E-state index is 0.426. The Morgan fingerprint density at radius 1 is 1.27 bits per heavy atom. The third-order valence-corrected chi connectivity index (χ3v) is 3.01. The standard InChI is InChI=1S/C13H13NO/c15-13(5-6-13)8-10-7-11-3-1-2-4-12(11)14-9-10/h1-4,7,9,15H,5-6,8H2. The zero-order valence-electron chi connectivity index (χ0n) is 8.48. The Labute approximate surface area is 88.6 Å². The quantitative estimate of drug-likeness (QED) is 0.805. The summed E-state index contributed by atoms with van der Waals surface area (Å²) in [7, 11) is 0. The maximum absolute atomic E-state index is 9.83. The number of aliphatic hydroxyl groups is 1. The predicted octanol–water partition coefficient (Wildman–Crippen LogP) is 2.30.